The lowest BCUT2D eigenvalue weighted by Crippen LogP contribution is -2.16. The zero-order valence-electron chi connectivity index (χ0n) is 8.71. The van der Waals surface area contributed by atoms with Gasteiger partial charge in [-0.05, 0) is 13.8 Å². The highest BCUT2D eigenvalue weighted by Gasteiger charge is 2.07. The van der Waals surface area contributed by atoms with E-state index in [0.29, 0.717) is 6.61 Å². The van der Waals surface area contributed by atoms with Crippen LogP contribution in [0.3, 0.4) is 0 Å². The van der Waals surface area contributed by atoms with Gasteiger partial charge in [-0.25, -0.2) is 9.78 Å². The highest BCUT2D eigenvalue weighted by Crippen LogP contribution is 2.08. The Morgan fingerprint density at radius 3 is 2.87 bits per heavy atom. The Morgan fingerprint density at radius 2 is 2.40 bits per heavy atom. The summed E-state index contributed by atoms with van der Waals surface area (Å²) >= 11 is 0. The Balaban J connectivity index is 0.00000196. The molecule has 0 saturated carbocycles. The Hall–Kier alpha value is -1.07. The van der Waals surface area contributed by atoms with Gasteiger partial charge in [0, 0.05) is 12.4 Å². The van der Waals surface area contributed by atoms with Gasteiger partial charge in [0.1, 0.15) is 12.4 Å². The standard InChI is InChI=1S/C9H14N2O3.ClH/c1-7(5-14-6-9(12)13)11-4-3-10-8(11)2;/h3-4,7H,5-6H2,1-2H3,(H,12,13);1H/t7-;/m1./s1. The molecule has 86 valence electrons. The first-order chi connectivity index (χ1) is 6.61. The molecule has 0 aromatic carbocycles. The molecule has 0 spiro atoms. The van der Waals surface area contributed by atoms with Crippen molar-refractivity contribution in [3.05, 3.63) is 18.2 Å². The lowest BCUT2D eigenvalue weighted by Gasteiger charge is -2.14. The molecule has 1 atom stereocenters. The zero-order chi connectivity index (χ0) is 10.6. The molecule has 1 N–H and O–H groups in total. The van der Waals surface area contributed by atoms with Crippen molar-refractivity contribution < 1.29 is 14.6 Å². The second-order valence-electron chi connectivity index (χ2n) is 3.14. The summed E-state index contributed by atoms with van der Waals surface area (Å²) in [7, 11) is 0. The van der Waals surface area contributed by atoms with Crippen molar-refractivity contribution in [1.82, 2.24) is 9.55 Å². The van der Waals surface area contributed by atoms with Gasteiger partial charge in [-0.1, -0.05) is 0 Å². The molecule has 0 amide bonds. The fourth-order valence-corrected chi connectivity index (χ4v) is 1.25. The van der Waals surface area contributed by atoms with Crippen molar-refractivity contribution in [3.8, 4) is 0 Å². The molecular formula is C9H15ClN2O3. The van der Waals surface area contributed by atoms with Crippen LogP contribution in [0.25, 0.3) is 0 Å². The van der Waals surface area contributed by atoms with Crippen LogP contribution in [0.15, 0.2) is 12.4 Å². The van der Waals surface area contributed by atoms with E-state index in [1.807, 2.05) is 24.6 Å². The summed E-state index contributed by atoms with van der Waals surface area (Å²) in [5.41, 5.74) is 0. The Kier molecular flexibility index (Phi) is 5.96. The number of aliphatic carboxylic acids is 1. The van der Waals surface area contributed by atoms with E-state index in [0.717, 1.165) is 5.82 Å². The smallest absolute Gasteiger partial charge is 0.329 e. The first-order valence-corrected chi connectivity index (χ1v) is 4.40. The summed E-state index contributed by atoms with van der Waals surface area (Å²) < 4.78 is 6.93. The maximum atomic E-state index is 10.2. The number of rotatable bonds is 5. The fraction of sp³-hybridized carbons (Fsp3) is 0.556. The molecule has 0 aliphatic carbocycles. The third-order valence-electron chi connectivity index (χ3n) is 1.92. The van der Waals surface area contributed by atoms with Gasteiger partial charge in [0.15, 0.2) is 0 Å². The molecule has 0 aliphatic rings. The first kappa shape index (κ1) is 13.9. The number of hydrogen-bond acceptors (Lipinski definition) is 3. The largest absolute Gasteiger partial charge is 0.480 e. The van der Waals surface area contributed by atoms with E-state index in [9.17, 15) is 4.79 Å². The summed E-state index contributed by atoms with van der Waals surface area (Å²) in [6, 6.07) is 0.108. The number of carbonyl (C=O) groups is 1. The number of aromatic nitrogens is 2. The van der Waals surface area contributed by atoms with Crippen LogP contribution in [-0.4, -0.2) is 33.8 Å². The van der Waals surface area contributed by atoms with E-state index in [-0.39, 0.29) is 25.1 Å². The number of aryl methyl sites for hydroxylation is 1. The van der Waals surface area contributed by atoms with Crippen LogP contribution in [0.1, 0.15) is 18.8 Å². The maximum Gasteiger partial charge on any atom is 0.329 e. The number of hydrogen-bond donors (Lipinski definition) is 1. The molecule has 1 rings (SSSR count). The molecule has 0 aliphatic heterocycles. The summed E-state index contributed by atoms with van der Waals surface area (Å²) in [6.45, 7) is 3.98. The number of carboxylic acid groups (broad SMARTS) is 1. The van der Waals surface area contributed by atoms with Gasteiger partial charge in [0.25, 0.3) is 0 Å². The van der Waals surface area contributed by atoms with Gasteiger partial charge in [-0.3, -0.25) is 0 Å². The molecular weight excluding hydrogens is 220 g/mol. The minimum atomic E-state index is -0.945. The van der Waals surface area contributed by atoms with Gasteiger partial charge in [0.2, 0.25) is 0 Å². The van der Waals surface area contributed by atoms with Crippen molar-refractivity contribution in [3.63, 3.8) is 0 Å². The third-order valence-corrected chi connectivity index (χ3v) is 1.92. The number of carboxylic acids is 1. The number of ether oxygens (including phenoxy) is 1. The predicted molar refractivity (Wildman–Crippen MR) is 57.4 cm³/mol. The second-order valence-corrected chi connectivity index (χ2v) is 3.14. The van der Waals surface area contributed by atoms with Crippen LogP contribution in [-0.2, 0) is 9.53 Å². The average molecular weight is 235 g/mol. The summed E-state index contributed by atoms with van der Waals surface area (Å²) in [6.07, 6.45) is 3.56. The van der Waals surface area contributed by atoms with E-state index in [1.54, 1.807) is 6.20 Å². The Labute approximate surface area is 94.5 Å². The second kappa shape index (κ2) is 6.42. The molecule has 0 bridgehead atoms. The SMILES string of the molecule is Cc1nccn1[C@H](C)COCC(=O)O.Cl. The molecule has 6 heteroatoms. The van der Waals surface area contributed by atoms with Crippen molar-refractivity contribution in [2.75, 3.05) is 13.2 Å². The average Bonchev–Trinajstić information content (AvgIpc) is 2.50. The number of halogens is 1. The predicted octanol–water partition coefficient (Wildman–Crippen LogP) is 1.28. The van der Waals surface area contributed by atoms with E-state index in [4.69, 9.17) is 9.84 Å². The van der Waals surface area contributed by atoms with Gasteiger partial charge in [-0.15, -0.1) is 12.4 Å². The quantitative estimate of drug-likeness (QED) is 0.834. The minimum Gasteiger partial charge on any atom is -0.480 e. The maximum absolute atomic E-state index is 10.2. The van der Waals surface area contributed by atoms with Crippen LogP contribution >= 0.6 is 12.4 Å². The molecule has 1 heterocycles. The summed E-state index contributed by atoms with van der Waals surface area (Å²) in [4.78, 5) is 14.3. The normalized spacial score (nSPS) is 11.9. The van der Waals surface area contributed by atoms with Gasteiger partial charge >= 0.3 is 5.97 Å². The number of nitrogens with zero attached hydrogens (tertiary/aromatic N) is 2. The van der Waals surface area contributed by atoms with Crippen LogP contribution in [0.4, 0.5) is 0 Å². The molecule has 0 saturated heterocycles. The highest BCUT2D eigenvalue weighted by molar-refractivity contribution is 5.85. The molecule has 0 unspecified atom stereocenters. The van der Waals surface area contributed by atoms with Crippen molar-refractivity contribution in [2.24, 2.45) is 0 Å². The zero-order valence-corrected chi connectivity index (χ0v) is 9.53. The van der Waals surface area contributed by atoms with Crippen LogP contribution in [0, 0.1) is 6.92 Å². The van der Waals surface area contributed by atoms with Crippen LogP contribution in [0.5, 0.6) is 0 Å². The molecule has 1 aromatic rings. The van der Waals surface area contributed by atoms with Gasteiger partial charge < -0.3 is 14.4 Å². The molecule has 15 heavy (non-hydrogen) atoms. The van der Waals surface area contributed by atoms with Crippen molar-refractivity contribution >= 4 is 18.4 Å². The topological polar surface area (TPSA) is 64.4 Å². The number of imidazole rings is 1. The van der Waals surface area contributed by atoms with E-state index in [1.165, 1.54) is 0 Å². The lowest BCUT2D eigenvalue weighted by atomic mass is 10.3. The Morgan fingerprint density at radius 1 is 1.73 bits per heavy atom. The van der Waals surface area contributed by atoms with Crippen molar-refractivity contribution in [1.29, 1.82) is 0 Å². The third kappa shape index (κ3) is 4.31. The minimum absolute atomic E-state index is 0. The van der Waals surface area contributed by atoms with Crippen LogP contribution < -0.4 is 0 Å². The Bertz CT molecular complexity index is 314. The molecule has 5 nitrogen and oxygen atoms in total. The highest BCUT2D eigenvalue weighted by atomic mass is 35.5. The monoisotopic (exact) mass is 234 g/mol. The molecule has 0 fully saturated rings. The molecule has 1 aromatic heterocycles. The van der Waals surface area contributed by atoms with E-state index >= 15 is 0 Å². The summed E-state index contributed by atoms with van der Waals surface area (Å²) in [5, 5.41) is 8.37. The first-order valence-electron chi connectivity index (χ1n) is 4.40. The van der Waals surface area contributed by atoms with Crippen LogP contribution in [0.2, 0.25) is 0 Å². The summed E-state index contributed by atoms with van der Waals surface area (Å²) in [5.74, 6) is -0.0454. The van der Waals surface area contributed by atoms with Gasteiger partial charge in [-0.2, -0.15) is 0 Å². The van der Waals surface area contributed by atoms with Crippen molar-refractivity contribution in [2.45, 2.75) is 19.9 Å². The van der Waals surface area contributed by atoms with E-state index < -0.39 is 5.97 Å². The van der Waals surface area contributed by atoms with Gasteiger partial charge in [0.05, 0.1) is 12.6 Å². The lowest BCUT2D eigenvalue weighted by molar-refractivity contribution is -0.142. The fourth-order valence-electron chi connectivity index (χ4n) is 1.25. The van der Waals surface area contributed by atoms with E-state index in [2.05, 4.69) is 4.98 Å². The molecule has 0 radical (unpaired) electrons.